The molecule has 0 unspecified atom stereocenters. The zero-order chi connectivity index (χ0) is 18.9. The molecular weight excluding hydrogens is 350 g/mol. The standard InChI is InChI=1S/C20H17NO4S/c1-13(2)20(22)25-18-11-10-14-6-3-4-9-17(14)19(18)15-7-5-8-16(12-15)26(21,23)24/h3-12H,1H2,2H3,(H2,21,23,24). The first-order valence-electron chi connectivity index (χ1n) is 7.80. The van der Waals surface area contributed by atoms with Gasteiger partial charge in [0.25, 0.3) is 0 Å². The molecule has 0 aliphatic rings. The van der Waals surface area contributed by atoms with Gasteiger partial charge in [-0.2, -0.15) is 0 Å². The molecule has 0 amide bonds. The summed E-state index contributed by atoms with van der Waals surface area (Å²) in [6, 6.07) is 17.3. The Hall–Kier alpha value is -2.96. The number of carbonyl (C=O) groups is 1. The van der Waals surface area contributed by atoms with Crippen molar-refractivity contribution in [1.29, 1.82) is 0 Å². The number of benzene rings is 3. The number of carbonyl (C=O) groups excluding carboxylic acids is 1. The van der Waals surface area contributed by atoms with Crippen LogP contribution in [0.1, 0.15) is 6.92 Å². The van der Waals surface area contributed by atoms with Gasteiger partial charge in [-0.15, -0.1) is 0 Å². The van der Waals surface area contributed by atoms with Gasteiger partial charge in [0.15, 0.2) is 0 Å². The highest BCUT2D eigenvalue weighted by Gasteiger charge is 2.17. The van der Waals surface area contributed by atoms with Crippen molar-refractivity contribution < 1.29 is 17.9 Å². The third kappa shape index (κ3) is 3.51. The van der Waals surface area contributed by atoms with E-state index in [1.807, 2.05) is 30.3 Å². The average Bonchev–Trinajstić information content (AvgIpc) is 2.60. The third-order valence-electron chi connectivity index (χ3n) is 3.89. The summed E-state index contributed by atoms with van der Waals surface area (Å²) in [6.45, 7) is 5.15. The molecule has 5 nitrogen and oxygen atoms in total. The van der Waals surface area contributed by atoms with E-state index in [9.17, 15) is 13.2 Å². The maximum atomic E-state index is 12.0. The Morgan fingerprint density at radius 1 is 1.04 bits per heavy atom. The Morgan fingerprint density at radius 3 is 2.46 bits per heavy atom. The van der Waals surface area contributed by atoms with Crippen molar-refractivity contribution in [2.75, 3.05) is 0 Å². The molecular formula is C20H17NO4S. The molecule has 0 fully saturated rings. The van der Waals surface area contributed by atoms with Crippen LogP contribution in [0.15, 0.2) is 77.7 Å². The Morgan fingerprint density at radius 2 is 1.77 bits per heavy atom. The second-order valence-corrected chi connectivity index (χ2v) is 7.46. The summed E-state index contributed by atoms with van der Waals surface area (Å²) in [4.78, 5) is 12.0. The van der Waals surface area contributed by atoms with E-state index in [1.54, 1.807) is 25.1 Å². The van der Waals surface area contributed by atoms with Crippen molar-refractivity contribution in [3.05, 3.63) is 72.8 Å². The second kappa shape index (κ2) is 6.74. The first-order valence-corrected chi connectivity index (χ1v) is 9.34. The lowest BCUT2D eigenvalue weighted by molar-refractivity contribution is -0.130. The van der Waals surface area contributed by atoms with Crippen LogP contribution in [-0.2, 0) is 14.8 Å². The van der Waals surface area contributed by atoms with Crippen LogP contribution in [0, 0.1) is 0 Å². The van der Waals surface area contributed by atoms with Gasteiger partial charge in [-0.25, -0.2) is 18.4 Å². The van der Waals surface area contributed by atoms with Crippen LogP contribution in [-0.4, -0.2) is 14.4 Å². The van der Waals surface area contributed by atoms with E-state index in [-0.39, 0.29) is 10.5 Å². The zero-order valence-electron chi connectivity index (χ0n) is 14.1. The van der Waals surface area contributed by atoms with Gasteiger partial charge in [-0.3, -0.25) is 0 Å². The van der Waals surface area contributed by atoms with Gasteiger partial charge >= 0.3 is 5.97 Å². The Kier molecular flexibility index (Phi) is 4.63. The Bertz CT molecular complexity index is 1130. The van der Waals surface area contributed by atoms with Crippen molar-refractivity contribution in [1.82, 2.24) is 0 Å². The number of nitrogens with two attached hydrogens (primary N) is 1. The Balaban J connectivity index is 2.29. The molecule has 0 aromatic heterocycles. The van der Waals surface area contributed by atoms with Crippen LogP contribution in [0.3, 0.4) is 0 Å². The summed E-state index contributed by atoms with van der Waals surface area (Å²) in [6.07, 6.45) is 0. The van der Waals surface area contributed by atoms with Crippen LogP contribution in [0.25, 0.3) is 21.9 Å². The molecule has 3 rings (SSSR count). The fourth-order valence-corrected chi connectivity index (χ4v) is 3.21. The van der Waals surface area contributed by atoms with Crippen LogP contribution in [0.5, 0.6) is 5.75 Å². The van der Waals surface area contributed by atoms with Crippen LogP contribution in [0.4, 0.5) is 0 Å². The van der Waals surface area contributed by atoms with Crippen molar-refractivity contribution in [2.24, 2.45) is 5.14 Å². The van der Waals surface area contributed by atoms with Crippen LogP contribution < -0.4 is 9.88 Å². The second-order valence-electron chi connectivity index (χ2n) is 5.90. The topological polar surface area (TPSA) is 86.5 Å². The molecule has 0 saturated heterocycles. The van der Waals surface area contributed by atoms with Crippen LogP contribution >= 0.6 is 0 Å². The van der Waals surface area contributed by atoms with Crippen molar-refractivity contribution in [3.8, 4) is 16.9 Å². The predicted molar refractivity (Wildman–Crippen MR) is 101 cm³/mol. The van der Waals surface area contributed by atoms with Gasteiger partial charge in [0.1, 0.15) is 5.75 Å². The fourth-order valence-electron chi connectivity index (χ4n) is 2.65. The zero-order valence-corrected chi connectivity index (χ0v) is 14.9. The van der Waals surface area contributed by atoms with E-state index in [0.717, 1.165) is 10.8 Å². The fraction of sp³-hybridized carbons (Fsp3) is 0.0500. The average molecular weight is 367 g/mol. The SMILES string of the molecule is C=C(C)C(=O)Oc1ccc2ccccc2c1-c1cccc(S(N)(=O)=O)c1. The summed E-state index contributed by atoms with van der Waals surface area (Å²) < 4.78 is 28.9. The number of esters is 1. The van der Waals surface area contributed by atoms with E-state index in [1.165, 1.54) is 12.1 Å². The smallest absolute Gasteiger partial charge is 0.338 e. The molecule has 2 N–H and O–H groups in total. The lowest BCUT2D eigenvalue weighted by Crippen LogP contribution is -2.12. The first-order chi connectivity index (χ1) is 12.3. The molecule has 0 aliphatic carbocycles. The minimum absolute atomic E-state index is 0.0138. The lowest BCUT2D eigenvalue weighted by Gasteiger charge is -2.14. The van der Waals surface area contributed by atoms with Crippen LogP contribution in [0.2, 0.25) is 0 Å². The highest BCUT2D eigenvalue weighted by molar-refractivity contribution is 7.89. The van der Waals surface area contributed by atoms with E-state index >= 15 is 0 Å². The Labute approximate surface area is 151 Å². The number of fused-ring (bicyclic) bond motifs is 1. The molecule has 0 aliphatic heterocycles. The number of sulfonamides is 1. The van der Waals surface area contributed by atoms with Gasteiger partial charge in [-0.05, 0) is 41.5 Å². The maximum absolute atomic E-state index is 12.0. The lowest BCUT2D eigenvalue weighted by atomic mass is 9.97. The molecule has 3 aromatic rings. The van der Waals surface area contributed by atoms with Gasteiger partial charge in [0.05, 0.1) is 4.90 Å². The first kappa shape index (κ1) is 17.8. The molecule has 0 radical (unpaired) electrons. The van der Waals surface area contributed by atoms with Crippen molar-refractivity contribution in [3.63, 3.8) is 0 Å². The van der Waals surface area contributed by atoms with E-state index < -0.39 is 16.0 Å². The van der Waals surface area contributed by atoms with Gasteiger partial charge < -0.3 is 4.74 Å². The molecule has 0 saturated carbocycles. The van der Waals surface area contributed by atoms with Crippen molar-refractivity contribution >= 4 is 26.8 Å². The van der Waals surface area contributed by atoms with Crippen molar-refractivity contribution in [2.45, 2.75) is 11.8 Å². The molecule has 0 spiro atoms. The van der Waals surface area contributed by atoms with E-state index in [0.29, 0.717) is 16.9 Å². The number of hydrogen-bond acceptors (Lipinski definition) is 4. The maximum Gasteiger partial charge on any atom is 0.338 e. The molecule has 132 valence electrons. The predicted octanol–water partition coefficient (Wildman–Crippen LogP) is 3.64. The number of hydrogen-bond donors (Lipinski definition) is 1. The highest BCUT2D eigenvalue weighted by Crippen LogP contribution is 2.38. The molecule has 3 aromatic carbocycles. The molecule has 0 heterocycles. The minimum atomic E-state index is -3.86. The normalized spacial score (nSPS) is 11.3. The minimum Gasteiger partial charge on any atom is -0.423 e. The molecule has 0 bridgehead atoms. The largest absolute Gasteiger partial charge is 0.423 e. The number of primary sulfonamides is 1. The number of ether oxygens (including phenoxy) is 1. The van der Waals surface area contributed by atoms with E-state index in [2.05, 4.69) is 6.58 Å². The quantitative estimate of drug-likeness (QED) is 0.433. The molecule has 6 heteroatoms. The van der Waals surface area contributed by atoms with E-state index in [4.69, 9.17) is 9.88 Å². The highest BCUT2D eigenvalue weighted by atomic mass is 32.2. The number of rotatable bonds is 4. The summed E-state index contributed by atoms with van der Waals surface area (Å²) in [7, 11) is -3.86. The third-order valence-corrected chi connectivity index (χ3v) is 4.80. The molecule has 0 atom stereocenters. The summed E-state index contributed by atoms with van der Waals surface area (Å²) in [5.41, 5.74) is 1.46. The molecule has 26 heavy (non-hydrogen) atoms. The van der Waals surface area contributed by atoms with Gasteiger partial charge in [0, 0.05) is 11.1 Å². The summed E-state index contributed by atoms with van der Waals surface area (Å²) in [5.74, 6) is -0.229. The summed E-state index contributed by atoms with van der Waals surface area (Å²) >= 11 is 0. The summed E-state index contributed by atoms with van der Waals surface area (Å²) in [5, 5.41) is 7.00. The van der Waals surface area contributed by atoms with Gasteiger partial charge in [0.2, 0.25) is 10.0 Å². The monoisotopic (exact) mass is 367 g/mol. The van der Waals surface area contributed by atoms with Gasteiger partial charge in [-0.1, -0.05) is 49.0 Å².